The van der Waals surface area contributed by atoms with E-state index in [2.05, 4.69) is 46.8 Å². The molecular formula is C26H40O7. The fourth-order valence-electron chi connectivity index (χ4n) is 4.82. The fraction of sp³-hybridized carbons (Fsp3) is 0.731. The zero-order chi connectivity index (χ0) is 24.1. The van der Waals surface area contributed by atoms with Crippen molar-refractivity contribution in [3.05, 3.63) is 35.9 Å². The quantitative estimate of drug-likeness (QED) is 0.535. The molecule has 2 fully saturated rings. The first-order valence-corrected chi connectivity index (χ1v) is 12.0. The van der Waals surface area contributed by atoms with Gasteiger partial charge in [0.05, 0.1) is 24.9 Å². The number of benzene rings is 1. The second-order valence-corrected chi connectivity index (χ2v) is 9.59. The second-order valence-electron chi connectivity index (χ2n) is 9.59. The monoisotopic (exact) mass is 464 g/mol. The minimum Gasteiger partial charge on any atom is -0.463 e. The third-order valence-electron chi connectivity index (χ3n) is 7.27. The lowest BCUT2D eigenvalue weighted by atomic mass is 9.83. The maximum atomic E-state index is 11.5. The maximum absolute atomic E-state index is 11.5. The molecule has 186 valence electrons. The largest absolute Gasteiger partial charge is 0.463 e. The Hall–Kier alpha value is -1.51. The molecule has 2 heterocycles. The Morgan fingerprint density at radius 1 is 0.879 bits per heavy atom. The highest BCUT2D eigenvalue weighted by molar-refractivity contribution is 5.65. The molecule has 2 saturated heterocycles. The molecule has 0 spiro atoms. The van der Waals surface area contributed by atoms with Crippen molar-refractivity contribution in [3.63, 3.8) is 0 Å². The standard InChI is InChI=1S/C26H40O7/c1-15-16(2)25(28-7)32-22(14-29-20(6)27)24(15)33-26-18(4)23(17(3)19(5)31-26)30-13-21-11-9-8-10-12-21/h8-12,15-19,22-26H,13-14H2,1-7H3/t15-,16?,17-,18?,19?,22?,23-,24+,25+,26+/m1/s1. The van der Waals surface area contributed by atoms with Crippen LogP contribution in [0.4, 0.5) is 0 Å². The van der Waals surface area contributed by atoms with Gasteiger partial charge in [0.15, 0.2) is 12.6 Å². The number of methoxy groups -OCH3 is 1. The minimum absolute atomic E-state index is 0.0111. The molecule has 1 aromatic rings. The van der Waals surface area contributed by atoms with E-state index in [4.69, 9.17) is 28.4 Å². The van der Waals surface area contributed by atoms with Gasteiger partial charge in [-0.05, 0) is 18.4 Å². The summed E-state index contributed by atoms with van der Waals surface area (Å²) in [5.74, 6) is 0.0956. The van der Waals surface area contributed by atoms with Crippen LogP contribution in [0.2, 0.25) is 0 Å². The van der Waals surface area contributed by atoms with Gasteiger partial charge in [0, 0.05) is 31.8 Å². The fourth-order valence-corrected chi connectivity index (χ4v) is 4.82. The predicted molar refractivity (Wildman–Crippen MR) is 123 cm³/mol. The zero-order valence-corrected chi connectivity index (χ0v) is 20.9. The molecule has 0 amide bonds. The molecule has 7 heteroatoms. The Morgan fingerprint density at radius 2 is 1.58 bits per heavy atom. The highest BCUT2D eigenvalue weighted by atomic mass is 16.7. The third kappa shape index (κ3) is 6.34. The summed E-state index contributed by atoms with van der Waals surface area (Å²) in [6, 6.07) is 10.2. The van der Waals surface area contributed by atoms with Crippen molar-refractivity contribution in [1.29, 1.82) is 0 Å². The van der Waals surface area contributed by atoms with Crippen LogP contribution in [0.5, 0.6) is 0 Å². The molecule has 7 nitrogen and oxygen atoms in total. The third-order valence-corrected chi connectivity index (χ3v) is 7.27. The van der Waals surface area contributed by atoms with Gasteiger partial charge in [0.1, 0.15) is 12.7 Å². The Bertz CT molecular complexity index is 741. The Labute approximate surface area is 198 Å². The Morgan fingerprint density at radius 3 is 2.21 bits per heavy atom. The van der Waals surface area contributed by atoms with Crippen LogP contribution in [-0.4, -0.2) is 56.7 Å². The summed E-state index contributed by atoms with van der Waals surface area (Å²) in [4.78, 5) is 11.5. The molecule has 2 aliphatic rings. The van der Waals surface area contributed by atoms with Crippen molar-refractivity contribution in [2.24, 2.45) is 23.7 Å². The van der Waals surface area contributed by atoms with Crippen LogP contribution < -0.4 is 0 Å². The Balaban J connectivity index is 1.73. The van der Waals surface area contributed by atoms with E-state index >= 15 is 0 Å². The van der Waals surface area contributed by atoms with E-state index in [1.54, 1.807) is 7.11 Å². The van der Waals surface area contributed by atoms with Gasteiger partial charge in [-0.1, -0.05) is 58.0 Å². The molecule has 33 heavy (non-hydrogen) atoms. The molecule has 0 aliphatic carbocycles. The van der Waals surface area contributed by atoms with Crippen LogP contribution in [0.3, 0.4) is 0 Å². The summed E-state index contributed by atoms with van der Waals surface area (Å²) < 4.78 is 36.2. The van der Waals surface area contributed by atoms with Gasteiger partial charge in [-0.25, -0.2) is 0 Å². The van der Waals surface area contributed by atoms with Gasteiger partial charge < -0.3 is 28.4 Å². The van der Waals surface area contributed by atoms with Gasteiger partial charge in [0.2, 0.25) is 0 Å². The lowest BCUT2D eigenvalue weighted by Crippen LogP contribution is -2.57. The Kier molecular flexibility index (Phi) is 9.30. The number of hydrogen-bond donors (Lipinski definition) is 0. The van der Waals surface area contributed by atoms with Crippen molar-refractivity contribution < 1.29 is 33.2 Å². The number of carbonyl (C=O) groups is 1. The normalized spacial score (nSPS) is 39.2. The van der Waals surface area contributed by atoms with E-state index in [9.17, 15) is 4.79 Å². The van der Waals surface area contributed by atoms with E-state index in [0.717, 1.165) is 5.56 Å². The number of ether oxygens (including phenoxy) is 6. The van der Waals surface area contributed by atoms with Crippen LogP contribution in [-0.2, 0) is 39.8 Å². The van der Waals surface area contributed by atoms with Crippen LogP contribution in [0.1, 0.15) is 47.1 Å². The first-order valence-electron chi connectivity index (χ1n) is 12.0. The minimum atomic E-state index is -0.459. The van der Waals surface area contributed by atoms with Gasteiger partial charge in [-0.3, -0.25) is 4.79 Å². The van der Waals surface area contributed by atoms with E-state index in [-0.39, 0.29) is 60.8 Å². The molecule has 2 aliphatic heterocycles. The summed E-state index contributed by atoms with van der Waals surface area (Å²) in [6.45, 7) is 12.6. The number of hydrogen-bond acceptors (Lipinski definition) is 7. The molecule has 0 N–H and O–H groups in total. The molecule has 3 rings (SSSR count). The van der Waals surface area contributed by atoms with Crippen LogP contribution in [0.15, 0.2) is 30.3 Å². The van der Waals surface area contributed by atoms with Crippen molar-refractivity contribution in [2.75, 3.05) is 13.7 Å². The van der Waals surface area contributed by atoms with Crippen molar-refractivity contribution in [1.82, 2.24) is 0 Å². The topological polar surface area (TPSA) is 72.5 Å². The van der Waals surface area contributed by atoms with Crippen LogP contribution in [0, 0.1) is 23.7 Å². The number of esters is 1. The first-order chi connectivity index (χ1) is 15.7. The predicted octanol–water partition coefficient (Wildman–Crippen LogP) is 4.18. The van der Waals surface area contributed by atoms with Crippen molar-refractivity contribution in [2.45, 2.75) is 85.1 Å². The highest BCUT2D eigenvalue weighted by Gasteiger charge is 2.47. The van der Waals surface area contributed by atoms with Crippen molar-refractivity contribution >= 4 is 5.97 Å². The van der Waals surface area contributed by atoms with Gasteiger partial charge in [-0.2, -0.15) is 0 Å². The van der Waals surface area contributed by atoms with Crippen LogP contribution >= 0.6 is 0 Å². The van der Waals surface area contributed by atoms with Gasteiger partial charge >= 0.3 is 5.97 Å². The summed E-state index contributed by atoms with van der Waals surface area (Å²) in [5.41, 5.74) is 1.14. The molecule has 10 atom stereocenters. The van der Waals surface area contributed by atoms with E-state index in [0.29, 0.717) is 6.61 Å². The van der Waals surface area contributed by atoms with E-state index < -0.39 is 12.4 Å². The smallest absolute Gasteiger partial charge is 0.302 e. The SMILES string of the molecule is CO[C@H]1OC(COC(C)=O)[C@@H](O[C@@H]2OC(C)[C@@H](C)[C@@H](OCc3ccccc3)C2C)[C@H](C)C1C. The average Bonchev–Trinajstić information content (AvgIpc) is 2.80. The van der Waals surface area contributed by atoms with Gasteiger partial charge in [0.25, 0.3) is 0 Å². The lowest BCUT2D eigenvalue weighted by molar-refractivity contribution is -0.329. The van der Waals surface area contributed by atoms with E-state index in [1.807, 2.05) is 18.2 Å². The molecule has 4 unspecified atom stereocenters. The maximum Gasteiger partial charge on any atom is 0.302 e. The summed E-state index contributed by atoms with van der Waals surface area (Å²) >= 11 is 0. The van der Waals surface area contributed by atoms with Crippen molar-refractivity contribution in [3.8, 4) is 0 Å². The highest BCUT2D eigenvalue weighted by Crippen LogP contribution is 2.38. The summed E-state index contributed by atoms with van der Waals surface area (Å²) in [5, 5.41) is 0. The zero-order valence-electron chi connectivity index (χ0n) is 20.9. The lowest BCUT2D eigenvalue weighted by Gasteiger charge is -2.48. The first kappa shape index (κ1) is 26.1. The molecule has 0 aromatic heterocycles. The summed E-state index contributed by atoms with van der Waals surface area (Å²) in [7, 11) is 1.63. The van der Waals surface area contributed by atoms with E-state index in [1.165, 1.54) is 6.92 Å². The molecule has 0 bridgehead atoms. The molecule has 0 saturated carbocycles. The molecule has 1 aromatic carbocycles. The summed E-state index contributed by atoms with van der Waals surface area (Å²) in [6.07, 6.45) is -1.64. The number of rotatable bonds is 8. The second kappa shape index (κ2) is 11.8. The average molecular weight is 465 g/mol. The molecule has 0 radical (unpaired) electrons. The number of carbonyl (C=O) groups excluding carboxylic acids is 1. The van der Waals surface area contributed by atoms with Crippen LogP contribution in [0.25, 0.3) is 0 Å². The molecular weight excluding hydrogens is 424 g/mol. The van der Waals surface area contributed by atoms with Gasteiger partial charge in [-0.15, -0.1) is 0 Å².